The third-order valence-electron chi connectivity index (χ3n) is 10.1. The lowest BCUT2D eigenvalue weighted by atomic mass is 9.70. The average molecular weight is 659 g/mol. The maximum Gasteiger partial charge on any atom is 0.251 e. The van der Waals surface area contributed by atoms with Gasteiger partial charge in [0.15, 0.2) is 0 Å². The van der Waals surface area contributed by atoms with Crippen LogP contribution in [0.1, 0.15) is 47.0 Å². The molecule has 2 aromatic carbocycles. The minimum atomic E-state index is -0.823. The van der Waals surface area contributed by atoms with Crippen molar-refractivity contribution in [2.75, 3.05) is 47.5 Å². The maximum atomic E-state index is 15.1. The molecule has 6 atom stereocenters. The highest BCUT2D eigenvalue weighted by Crippen LogP contribution is 2.67. The lowest BCUT2D eigenvalue weighted by Crippen LogP contribution is -2.58. The molecule has 3 fully saturated rings. The molecule has 1 N–H and O–H groups in total. The molecule has 0 saturated carbocycles. The first-order valence-corrected chi connectivity index (χ1v) is 17.9. The number of carbonyl (C=O) groups excluding carboxylic acids is 3. The maximum absolute atomic E-state index is 15.1. The van der Waals surface area contributed by atoms with Crippen molar-refractivity contribution in [2.24, 2.45) is 17.8 Å². The summed E-state index contributed by atoms with van der Waals surface area (Å²) in [6.07, 6.45) is 5.37. The van der Waals surface area contributed by atoms with Crippen molar-refractivity contribution in [2.45, 2.75) is 69.0 Å². The third-order valence-corrected chi connectivity index (χ3v) is 12.1. The van der Waals surface area contributed by atoms with Crippen LogP contribution in [0.2, 0.25) is 0 Å². The zero-order valence-electron chi connectivity index (χ0n) is 28.3. The summed E-state index contributed by atoms with van der Waals surface area (Å²) in [5.41, 5.74) is 2.56. The Morgan fingerprint density at radius 3 is 2.09 bits per heavy atom. The number of hydrogen-bond donors (Lipinski definition) is 1. The van der Waals surface area contributed by atoms with Gasteiger partial charge in [-0.25, -0.2) is 0 Å². The highest BCUT2D eigenvalue weighted by Gasteiger charge is 2.74. The Balaban J connectivity index is 1.58. The number of aliphatic hydroxyl groups excluding tert-OH is 1. The van der Waals surface area contributed by atoms with E-state index in [1.165, 1.54) is 0 Å². The van der Waals surface area contributed by atoms with Gasteiger partial charge in [-0.15, -0.1) is 24.9 Å². The molecule has 252 valence electrons. The Morgan fingerprint density at radius 1 is 0.957 bits per heavy atom. The summed E-state index contributed by atoms with van der Waals surface area (Å²) in [6, 6.07) is 16.1. The summed E-state index contributed by atoms with van der Waals surface area (Å²) in [5.74, 6) is -1.56. The number of para-hydroxylation sites is 1. The largest absolute Gasteiger partial charge is 0.394 e. The van der Waals surface area contributed by atoms with Gasteiger partial charge in [0.2, 0.25) is 11.8 Å². The number of benzene rings is 2. The van der Waals surface area contributed by atoms with E-state index in [2.05, 4.69) is 45.8 Å². The summed E-state index contributed by atoms with van der Waals surface area (Å²) in [5, 5.41) is 10.6. The van der Waals surface area contributed by atoms with Gasteiger partial charge in [0.1, 0.15) is 6.04 Å². The molecular weight excluding hydrogens is 609 g/mol. The summed E-state index contributed by atoms with van der Waals surface area (Å²) in [6.45, 7) is 18.3. The van der Waals surface area contributed by atoms with Crippen LogP contribution in [0.15, 0.2) is 79.9 Å². The van der Waals surface area contributed by atoms with Gasteiger partial charge >= 0.3 is 0 Å². The van der Waals surface area contributed by atoms with Gasteiger partial charge in [0.25, 0.3) is 5.91 Å². The quantitative estimate of drug-likeness (QED) is 0.245. The SMILES string of the molecule is C=CCN(C(=O)C1N([C@@H](CO)CC(C)C)C(=O)[C@@H]2[C@H](C(=O)N(CC=C)c3ccccc3)[C@@H]3CCC12S3)c1ccc(N(CC)CC)cc1. The molecule has 5 rings (SSSR count). The highest BCUT2D eigenvalue weighted by atomic mass is 32.2. The molecule has 0 radical (unpaired) electrons. The fourth-order valence-corrected chi connectivity index (χ4v) is 10.3. The fourth-order valence-electron chi connectivity index (χ4n) is 8.14. The number of likely N-dealkylation sites (tertiary alicyclic amines) is 1. The molecule has 2 unspecified atom stereocenters. The Hall–Kier alpha value is -3.56. The van der Waals surface area contributed by atoms with Crippen LogP contribution in [0.25, 0.3) is 0 Å². The van der Waals surface area contributed by atoms with E-state index in [9.17, 15) is 14.7 Å². The molecule has 3 amide bonds. The van der Waals surface area contributed by atoms with E-state index in [0.29, 0.717) is 19.4 Å². The van der Waals surface area contributed by atoms with Crippen molar-refractivity contribution in [1.82, 2.24) is 4.90 Å². The lowest BCUT2D eigenvalue weighted by molar-refractivity contribution is -0.142. The van der Waals surface area contributed by atoms with Crippen molar-refractivity contribution in [3.63, 3.8) is 0 Å². The van der Waals surface area contributed by atoms with Crippen LogP contribution in [-0.4, -0.2) is 82.6 Å². The van der Waals surface area contributed by atoms with Gasteiger partial charge in [0, 0.05) is 48.5 Å². The number of hydrogen-bond acceptors (Lipinski definition) is 6. The Bertz CT molecular complexity index is 1450. The predicted octanol–water partition coefficient (Wildman–Crippen LogP) is 5.77. The molecule has 0 aromatic heterocycles. The van der Waals surface area contributed by atoms with Gasteiger partial charge in [-0.1, -0.05) is 44.2 Å². The summed E-state index contributed by atoms with van der Waals surface area (Å²) >= 11 is 1.65. The lowest BCUT2D eigenvalue weighted by Gasteiger charge is -2.40. The molecule has 3 aliphatic rings. The molecular formula is C38H50N4O4S. The number of nitrogens with zero attached hydrogens (tertiary/aromatic N) is 4. The van der Waals surface area contributed by atoms with Crippen molar-refractivity contribution >= 4 is 46.5 Å². The summed E-state index contributed by atoms with van der Waals surface area (Å²) in [4.78, 5) is 51.8. The van der Waals surface area contributed by atoms with Gasteiger partial charge in [-0.05, 0) is 75.4 Å². The fraction of sp³-hybridized carbons (Fsp3) is 0.500. The molecule has 2 bridgehead atoms. The number of amides is 3. The van der Waals surface area contributed by atoms with Crippen molar-refractivity contribution < 1.29 is 19.5 Å². The van der Waals surface area contributed by atoms with E-state index in [1.807, 2.05) is 54.6 Å². The molecule has 2 aromatic rings. The zero-order valence-corrected chi connectivity index (χ0v) is 29.1. The van der Waals surface area contributed by atoms with Crippen LogP contribution < -0.4 is 14.7 Å². The van der Waals surface area contributed by atoms with E-state index in [1.54, 1.807) is 38.6 Å². The molecule has 1 spiro atoms. The molecule has 47 heavy (non-hydrogen) atoms. The van der Waals surface area contributed by atoms with E-state index in [4.69, 9.17) is 0 Å². The number of carbonyl (C=O) groups is 3. The number of anilines is 3. The Kier molecular flexibility index (Phi) is 10.9. The minimum Gasteiger partial charge on any atom is -0.394 e. The molecule has 8 nitrogen and oxygen atoms in total. The highest BCUT2D eigenvalue weighted by molar-refractivity contribution is 8.02. The first kappa shape index (κ1) is 34.8. The zero-order chi connectivity index (χ0) is 33.9. The normalized spacial score (nSPS) is 25.1. The second-order valence-electron chi connectivity index (χ2n) is 13.3. The molecule has 9 heteroatoms. The van der Waals surface area contributed by atoms with E-state index < -0.39 is 28.7 Å². The van der Waals surface area contributed by atoms with Crippen LogP contribution in [0.3, 0.4) is 0 Å². The number of rotatable bonds is 15. The predicted molar refractivity (Wildman–Crippen MR) is 193 cm³/mol. The molecule has 3 heterocycles. The van der Waals surface area contributed by atoms with Gasteiger partial charge < -0.3 is 24.7 Å². The second kappa shape index (κ2) is 14.7. The van der Waals surface area contributed by atoms with Crippen LogP contribution in [-0.2, 0) is 14.4 Å². The summed E-state index contributed by atoms with van der Waals surface area (Å²) < 4.78 is -0.777. The van der Waals surface area contributed by atoms with Crippen LogP contribution in [0.5, 0.6) is 0 Å². The monoisotopic (exact) mass is 658 g/mol. The topological polar surface area (TPSA) is 84.4 Å². The van der Waals surface area contributed by atoms with Crippen molar-refractivity contribution in [3.8, 4) is 0 Å². The standard InChI is InChI=1S/C38H50N4O4S/c1-7-22-40(28-14-12-11-13-15-28)35(44)32-31-20-21-38(47-31)33(32)36(45)42(30(25-43)24-26(5)6)34(38)37(46)41(23-8-2)29-18-16-27(17-19-29)39(9-3)10-4/h7-8,11-19,26,30-34,43H,1-2,9-10,20-25H2,3-6H3/t30-,31+,32-,33+,34?,38?/m1/s1. The Labute approximate surface area is 284 Å². The number of fused-ring (bicyclic) bond motifs is 1. The van der Waals surface area contributed by atoms with Crippen LogP contribution in [0, 0.1) is 17.8 Å². The smallest absolute Gasteiger partial charge is 0.251 e. The van der Waals surface area contributed by atoms with Gasteiger partial charge in [0.05, 0.1) is 29.2 Å². The average Bonchev–Trinajstić information content (AvgIpc) is 3.73. The molecule has 0 aliphatic carbocycles. The first-order chi connectivity index (χ1) is 22.7. The molecule has 3 saturated heterocycles. The Morgan fingerprint density at radius 2 is 1.53 bits per heavy atom. The summed E-state index contributed by atoms with van der Waals surface area (Å²) in [7, 11) is 0. The van der Waals surface area contributed by atoms with Crippen LogP contribution >= 0.6 is 11.8 Å². The van der Waals surface area contributed by atoms with Gasteiger partial charge in [-0.3, -0.25) is 14.4 Å². The van der Waals surface area contributed by atoms with Gasteiger partial charge in [-0.2, -0.15) is 0 Å². The second-order valence-corrected chi connectivity index (χ2v) is 14.9. The number of aliphatic hydroxyl groups is 1. The van der Waals surface area contributed by atoms with E-state index in [0.717, 1.165) is 36.6 Å². The van der Waals surface area contributed by atoms with Crippen molar-refractivity contribution in [1.29, 1.82) is 0 Å². The molecule has 3 aliphatic heterocycles. The third kappa shape index (κ3) is 6.24. The number of thioether (sulfide) groups is 1. The van der Waals surface area contributed by atoms with Crippen molar-refractivity contribution in [3.05, 3.63) is 79.9 Å². The van der Waals surface area contributed by atoms with E-state index in [-0.39, 0.29) is 42.0 Å². The van der Waals surface area contributed by atoms with E-state index >= 15 is 4.79 Å². The van der Waals surface area contributed by atoms with Crippen LogP contribution in [0.4, 0.5) is 17.1 Å². The first-order valence-electron chi connectivity index (χ1n) is 17.0. The minimum absolute atomic E-state index is 0.0798.